The van der Waals surface area contributed by atoms with Crippen LogP contribution in [-0.4, -0.2) is 114 Å². The van der Waals surface area contributed by atoms with Crippen molar-refractivity contribution in [2.45, 2.75) is 109 Å². The maximum absolute atomic E-state index is 14.0. The minimum Gasteiger partial charge on any atom is -0.456 e. The highest BCUT2D eigenvalue weighted by Gasteiger charge is 2.54. The van der Waals surface area contributed by atoms with Gasteiger partial charge in [0.25, 0.3) is 0 Å². The molecule has 3 heterocycles. The van der Waals surface area contributed by atoms with Crippen LogP contribution in [0.15, 0.2) is 109 Å². The molecule has 2 N–H and O–H groups in total. The van der Waals surface area contributed by atoms with E-state index in [-0.39, 0.29) is 67.1 Å². The number of Topliss-reactive ketones (excluding diaryl/α,β-unsaturated/α-hetero) is 2. The molecular weight excluding hydrogens is 1060 g/mol. The van der Waals surface area contributed by atoms with Crippen LogP contribution in [0.2, 0.25) is 0 Å². The summed E-state index contributed by atoms with van der Waals surface area (Å²) >= 11 is 0. The van der Waals surface area contributed by atoms with Crippen LogP contribution >= 0.6 is 0 Å². The number of likely N-dealkylation sites (N-methyl/N-ethyl adjacent to an activating group) is 1. The van der Waals surface area contributed by atoms with Crippen LogP contribution in [0, 0.1) is 11.8 Å². The number of fused-ring (bicyclic) bond motifs is 7. The largest absolute Gasteiger partial charge is 0.456 e. The topological polar surface area (TPSA) is 178 Å². The van der Waals surface area contributed by atoms with Gasteiger partial charge >= 0.3 is 5.97 Å². The van der Waals surface area contributed by atoms with Crippen LogP contribution in [0.4, 0.5) is 17.1 Å². The van der Waals surface area contributed by atoms with E-state index in [1.54, 1.807) is 23.1 Å². The second-order valence-electron chi connectivity index (χ2n) is 22.8. The number of carbonyl (C=O) groups is 6. The molecule has 3 amide bonds. The summed E-state index contributed by atoms with van der Waals surface area (Å²) in [5.41, 5.74) is 6.89. The van der Waals surface area contributed by atoms with E-state index in [2.05, 4.69) is 29.7 Å². The summed E-state index contributed by atoms with van der Waals surface area (Å²) in [7, 11) is 7.81. The molecule has 0 unspecified atom stereocenters. The molecule has 444 valence electrons. The molecule has 1 aliphatic carbocycles. The summed E-state index contributed by atoms with van der Waals surface area (Å²) in [6.07, 6.45) is 8.96. The zero-order valence-electron chi connectivity index (χ0n) is 49.8. The van der Waals surface area contributed by atoms with E-state index in [4.69, 9.17) is 18.9 Å². The minimum atomic E-state index is -1.30. The lowest BCUT2D eigenvalue weighted by molar-refractivity contribution is -0.126. The maximum Gasteiger partial charge on any atom is 0.340 e. The number of para-hydroxylation sites is 1. The number of aryl methyl sites for hydroxylation is 1. The number of nitrogens with one attached hydrogen (secondary N) is 2. The van der Waals surface area contributed by atoms with Crippen LogP contribution in [0.3, 0.4) is 0 Å². The van der Waals surface area contributed by atoms with Crippen LogP contribution in [0.5, 0.6) is 11.5 Å². The monoisotopic (exact) mass is 1140 g/mol. The summed E-state index contributed by atoms with van der Waals surface area (Å²) in [5.74, 6) is 0.724. The quantitative estimate of drug-likeness (QED) is 0.0258. The number of rotatable bonds is 29. The van der Waals surface area contributed by atoms with Crippen molar-refractivity contribution >= 4 is 63.2 Å². The molecule has 3 aliphatic rings. The molecule has 5 aromatic carbocycles. The summed E-state index contributed by atoms with van der Waals surface area (Å²) < 4.78 is 26.2. The summed E-state index contributed by atoms with van der Waals surface area (Å²) in [6.45, 7) is 7.15. The van der Waals surface area contributed by atoms with Gasteiger partial charge in [-0.1, -0.05) is 56.2 Å². The highest BCUT2D eigenvalue weighted by molar-refractivity contribution is 6.03. The third-order valence-electron chi connectivity index (χ3n) is 16.7. The Kier molecular flexibility index (Phi) is 20.4. The molecule has 2 aliphatic heterocycles. The van der Waals surface area contributed by atoms with Gasteiger partial charge in [0.1, 0.15) is 18.0 Å². The number of ketones is 2. The van der Waals surface area contributed by atoms with Crippen molar-refractivity contribution in [3.8, 4) is 11.5 Å². The Morgan fingerprint density at radius 2 is 1.32 bits per heavy atom. The average Bonchev–Trinajstić information content (AvgIpc) is 1.69. The predicted octanol–water partition coefficient (Wildman–Crippen LogP) is 11.2. The fraction of sp³-hybridized carbons (Fsp3) is 0.441. The molecule has 0 saturated heterocycles. The number of benzene rings is 5. The van der Waals surface area contributed by atoms with Gasteiger partial charge in [0, 0.05) is 142 Å². The molecule has 6 aromatic rings. The van der Waals surface area contributed by atoms with Crippen LogP contribution < -0.4 is 30.1 Å². The molecule has 16 nitrogen and oxygen atoms in total. The van der Waals surface area contributed by atoms with Gasteiger partial charge in [-0.05, 0) is 130 Å². The lowest BCUT2D eigenvalue weighted by Crippen LogP contribution is -2.35. The van der Waals surface area contributed by atoms with E-state index in [0.29, 0.717) is 97.3 Å². The fourth-order valence-electron chi connectivity index (χ4n) is 11.9. The highest BCUT2D eigenvalue weighted by atomic mass is 16.6. The van der Waals surface area contributed by atoms with E-state index < -0.39 is 11.6 Å². The second kappa shape index (κ2) is 28.2. The molecule has 0 atom stereocenters. The maximum atomic E-state index is 14.0. The summed E-state index contributed by atoms with van der Waals surface area (Å²) in [4.78, 5) is 86.3. The Bertz CT molecular complexity index is 3280. The molecule has 1 aromatic heterocycles. The first-order valence-corrected chi connectivity index (χ1v) is 30.1. The first-order valence-electron chi connectivity index (χ1n) is 30.1. The Labute approximate surface area is 494 Å². The lowest BCUT2D eigenvalue weighted by atomic mass is 9.77. The van der Waals surface area contributed by atoms with E-state index in [1.807, 2.05) is 128 Å². The van der Waals surface area contributed by atoms with Gasteiger partial charge in [-0.2, -0.15) is 0 Å². The van der Waals surface area contributed by atoms with Crippen molar-refractivity contribution in [2.24, 2.45) is 11.8 Å². The van der Waals surface area contributed by atoms with Crippen molar-refractivity contribution in [3.05, 3.63) is 148 Å². The molecule has 0 radical (unpaired) electrons. The van der Waals surface area contributed by atoms with Gasteiger partial charge in [-0.25, -0.2) is 4.79 Å². The first-order chi connectivity index (χ1) is 40.7. The molecule has 1 saturated carbocycles. The normalized spacial score (nSPS) is 15.6. The highest BCUT2D eigenvalue weighted by Crippen LogP contribution is 2.57. The molecule has 1 fully saturated rings. The number of amides is 3. The number of hydrogen-bond donors (Lipinski definition) is 2. The van der Waals surface area contributed by atoms with Gasteiger partial charge in [-0.3, -0.25) is 24.0 Å². The minimum absolute atomic E-state index is 0.0316. The van der Waals surface area contributed by atoms with Crippen molar-refractivity contribution in [1.82, 2.24) is 15.2 Å². The van der Waals surface area contributed by atoms with Crippen LogP contribution in [-0.2, 0) is 47.2 Å². The second-order valence-corrected chi connectivity index (χ2v) is 22.8. The zero-order valence-corrected chi connectivity index (χ0v) is 49.8. The Hall–Kier alpha value is -7.82. The van der Waals surface area contributed by atoms with Crippen molar-refractivity contribution in [2.75, 3.05) is 89.0 Å². The number of hydrogen-bond acceptors (Lipinski definition) is 12. The van der Waals surface area contributed by atoms with Crippen LogP contribution in [0.25, 0.3) is 10.9 Å². The van der Waals surface area contributed by atoms with E-state index in [9.17, 15) is 28.8 Å². The number of aromatic nitrogens is 1. The number of anilines is 3. The van der Waals surface area contributed by atoms with Gasteiger partial charge < -0.3 is 48.8 Å². The molecule has 84 heavy (non-hydrogen) atoms. The van der Waals surface area contributed by atoms with Crippen molar-refractivity contribution in [3.63, 3.8) is 0 Å². The summed E-state index contributed by atoms with van der Waals surface area (Å²) in [5, 5.41) is 7.03. The fourth-order valence-corrected chi connectivity index (χ4v) is 11.9. The molecule has 1 spiro atoms. The zero-order chi connectivity index (χ0) is 59.3. The third kappa shape index (κ3) is 14.0. The van der Waals surface area contributed by atoms with E-state index >= 15 is 0 Å². The Balaban J connectivity index is 0.612. The first kappa shape index (κ1) is 60.8. The lowest BCUT2D eigenvalue weighted by Gasteiger charge is -2.37. The van der Waals surface area contributed by atoms with Crippen LogP contribution in [0.1, 0.15) is 144 Å². The third-order valence-corrected chi connectivity index (χ3v) is 16.7. The smallest absolute Gasteiger partial charge is 0.340 e. The van der Waals surface area contributed by atoms with E-state index in [1.165, 1.54) is 5.56 Å². The number of esters is 1. The van der Waals surface area contributed by atoms with E-state index in [0.717, 1.165) is 85.8 Å². The molecule has 16 heteroatoms. The number of carbonyl (C=O) groups excluding carboxylic acids is 6. The predicted molar refractivity (Wildman–Crippen MR) is 328 cm³/mol. The Morgan fingerprint density at radius 3 is 2.00 bits per heavy atom. The summed E-state index contributed by atoms with van der Waals surface area (Å²) in [6, 6.07) is 34.7. The Morgan fingerprint density at radius 1 is 0.643 bits per heavy atom. The van der Waals surface area contributed by atoms with Crippen molar-refractivity contribution in [1.29, 1.82) is 0 Å². The molecule has 9 rings (SSSR count). The number of ether oxygens (including phenoxy) is 4. The average molecular weight is 1140 g/mol. The number of nitrogens with zero attached hydrogens (tertiary/aromatic N) is 4. The molecular formula is C68H82N6O10. The van der Waals surface area contributed by atoms with Crippen molar-refractivity contribution < 1.29 is 47.7 Å². The van der Waals surface area contributed by atoms with Gasteiger partial charge in [0.05, 0.1) is 31.1 Å². The SMILES string of the molecule is CCc1cccc(N(CC)C(=O)Cn2c(C(=O)CC3CCC(C(=O)NCCCCCCNC(=O)CCOCCOCCCC(=O)c4ccc5c(c4)C4(OC5=O)c5ccc(N(C)C)cc5Oc5cc(N(C)C)ccc54)CC3)cc3ccccc32)c1. The standard InChI is InChI=1S/C68H82N6O10/c1-7-46-17-15-19-53(39-46)73(8-2)65(78)45-74-58-20-12-11-18-49(58)42-59(74)61(76)40-47-22-24-48(25-23-47)66(79)70-34-14-10-9-13-33-69-64(77)32-36-82-38-37-81-35-16-21-60(75)50-26-29-54-57(41-50)68(84-67(54)80)55-30-27-51(71(3)4)43-62(55)83-63-44-52(72(5)6)28-31-56(63)68/h11-12,15,17-20,26-31,39,41-44,47-48H,7-10,13-14,16,21-25,32-38,40,45H2,1-6H3,(H,69,77)(H,70,79). The molecule has 0 bridgehead atoms. The van der Waals surface area contributed by atoms with Gasteiger partial charge in [0.2, 0.25) is 17.7 Å². The van der Waals surface area contributed by atoms with Gasteiger partial charge in [-0.15, -0.1) is 0 Å². The number of unbranched alkanes of at least 4 members (excludes halogenated alkanes) is 3. The van der Waals surface area contributed by atoms with Gasteiger partial charge in [0.15, 0.2) is 17.2 Å².